The Morgan fingerprint density at radius 1 is 1.54 bits per heavy atom. The summed E-state index contributed by atoms with van der Waals surface area (Å²) in [5, 5.41) is 0.653. The summed E-state index contributed by atoms with van der Waals surface area (Å²) in [5.74, 6) is -0.540. The number of halogens is 1. The highest BCUT2D eigenvalue weighted by Gasteiger charge is 2.12. The van der Waals surface area contributed by atoms with Gasteiger partial charge in [-0.05, 0) is 24.1 Å². The standard InChI is InChI=1S/C9H11ClN2O/c1-5-4-6(2-3-7(5)10)8(11)9(12)13/h2-4,8H,11H2,1H3,(H2,12,13). The maximum absolute atomic E-state index is 10.8. The Balaban J connectivity index is 3.03. The van der Waals surface area contributed by atoms with Crippen molar-refractivity contribution in [1.82, 2.24) is 0 Å². The van der Waals surface area contributed by atoms with Crippen LogP contribution in [0.1, 0.15) is 17.2 Å². The molecule has 4 N–H and O–H groups in total. The summed E-state index contributed by atoms with van der Waals surface area (Å²) >= 11 is 5.81. The van der Waals surface area contributed by atoms with Crippen LogP contribution in [0.3, 0.4) is 0 Å². The van der Waals surface area contributed by atoms with Crippen LogP contribution in [0, 0.1) is 6.92 Å². The summed E-state index contributed by atoms with van der Waals surface area (Å²) in [6.45, 7) is 1.85. The minimum atomic E-state index is -0.754. The third-order valence-corrected chi connectivity index (χ3v) is 2.27. The predicted molar refractivity (Wildman–Crippen MR) is 52.3 cm³/mol. The Hall–Kier alpha value is -1.06. The molecule has 1 amide bonds. The molecule has 1 rings (SSSR count). The number of primary amides is 1. The number of carbonyl (C=O) groups excluding carboxylic acids is 1. The second-order valence-electron chi connectivity index (χ2n) is 2.89. The van der Waals surface area contributed by atoms with E-state index in [-0.39, 0.29) is 0 Å². The first-order valence-corrected chi connectivity index (χ1v) is 4.21. The zero-order valence-electron chi connectivity index (χ0n) is 7.25. The molecule has 0 fully saturated rings. The number of aryl methyl sites for hydroxylation is 1. The first-order valence-electron chi connectivity index (χ1n) is 3.83. The maximum Gasteiger partial charge on any atom is 0.238 e. The molecule has 0 aliphatic rings. The van der Waals surface area contributed by atoms with Crippen LogP contribution < -0.4 is 11.5 Å². The Bertz CT molecular complexity index is 338. The Morgan fingerprint density at radius 3 is 2.62 bits per heavy atom. The molecule has 1 atom stereocenters. The zero-order valence-corrected chi connectivity index (χ0v) is 8.01. The summed E-state index contributed by atoms with van der Waals surface area (Å²) in [5.41, 5.74) is 12.2. The molecule has 0 saturated heterocycles. The van der Waals surface area contributed by atoms with E-state index in [2.05, 4.69) is 0 Å². The molecule has 4 heteroatoms. The molecule has 0 aromatic heterocycles. The number of rotatable bonds is 2. The molecule has 3 nitrogen and oxygen atoms in total. The lowest BCUT2D eigenvalue weighted by atomic mass is 10.1. The van der Waals surface area contributed by atoms with Gasteiger partial charge in [-0.2, -0.15) is 0 Å². The monoisotopic (exact) mass is 198 g/mol. The summed E-state index contributed by atoms with van der Waals surface area (Å²) in [7, 11) is 0. The topological polar surface area (TPSA) is 69.1 Å². The molecule has 0 bridgehead atoms. The van der Waals surface area contributed by atoms with Gasteiger partial charge in [0.1, 0.15) is 6.04 Å². The van der Waals surface area contributed by atoms with Crippen molar-refractivity contribution in [3.8, 4) is 0 Å². The van der Waals surface area contributed by atoms with Crippen LogP contribution in [-0.4, -0.2) is 5.91 Å². The fourth-order valence-corrected chi connectivity index (χ4v) is 1.14. The second kappa shape index (κ2) is 3.77. The molecule has 1 aromatic carbocycles. The van der Waals surface area contributed by atoms with Gasteiger partial charge in [0.05, 0.1) is 0 Å². The second-order valence-corrected chi connectivity index (χ2v) is 3.30. The zero-order chi connectivity index (χ0) is 10.0. The predicted octanol–water partition coefficient (Wildman–Crippen LogP) is 1.13. The number of hydrogen-bond donors (Lipinski definition) is 2. The first kappa shape index (κ1) is 10.0. The molecule has 0 saturated carbocycles. The lowest BCUT2D eigenvalue weighted by molar-refractivity contribution is -0.119. The molecule has 1 aromatic rings. The van der Waals surface area contributed by atoms with Gasteiger partial charge >= 0.3 is 0 Å². The van der Waals surface area contributed by atoms with E-state index in [4.69, 9.17) is 23.1 Å². The van der Waals surface area contributed by atoms with Gasteiger partial charge in [-0.3, -0.25) is 4.79 Å². The van der Waals surface area contributed by atoms with E-state index in [1.165, 1.54) is 0 Å². The van der Waals surface area contributed by atoms with Crippen LogP contribution >= 0.6 is 11.6 Å². The van der Waals surface area contributed by atoms with Crippen molar-refractivity contribution in [2.24, 2.45) is 11.5 Å². The van der Waals surface area contributed by atoms with Crippen molar-refractivity contribution >= 4 is 17.5 Å². The minimum Gasteiger partial charge on any atom is -0.368 e. The molecule has 0 radical (unpaired) electrons. The van der Waals surface area contributed by atoms with Crippen molar-refractivity contribution in [3.63, 3.8) is 0 Å². The average molecular weight is 199 g/mol. The lowest BCUT2D eigenvalue weighted by Gasteiger charge is -2.08. The fraction of sp³-hybridized carbons (Fsp3) is 0.222. The molecule has 0 aliphatic heterocycles. The fourth-order valence-electron chi connectivity index (χ4n) is 1.03. The molecule has 1 unspecified atom stereocenters. The highest BCUT2D eigenvalue weighted by Crippen LogP contribution is 2.19. The van der Waals surface area contributed by atoms with E-state index < -0.39 is 11.9 Å². The van der Waals surface area contributed by atoms with Crippen molar-refractivity contribution in [2.45, 2.75) is 13.0 Å². The van der Waals surface area contributed by atoms with Crippen molar-refractivity contribution in [1.29, 1.82) is 0 Å². The third-order valence-electron chi connectivity index (χ3n) is 1.85. The first-order chi connectivity index (χ1) is 6.02. The van der Waals surface area contributed by atoms with Gasteiger partial charge in [-0.15, -0.1) is 0 Å². The number of carbonyl (C=O) groups is 1. The van der Waals surface area contributed by atoms with E-state index in [9.17, 15) is 4.79 Å². The van der Waals surface area contributed by atoms with Crippen LogP contribution in [-0.2, 0) is 4.79 Å². The van der Waals surface area contributed by atoms with Crippen LogP contribution in [0.2, 0.25) is 5.02 Å². The molecular formula is C9H11ClN2O. The van der Waals surface area contributed by atoms with E-state index in [1.54, 1.807) is 18.2 Å². The molecule has 0 spiro atoms. The van der Waals surface area contributed by atoms with Gasteiger partial charge in [-0.1, -0.05) is 23.7 Å². The number of nitrogens with two attached hydrogens (primary N) is 2. The largest absolute Gasteiger partial charge is 0.368 e. The third kappa shape index (κ3) is 2.20. The highest BCUT2D eigenvalue weighted by molar-refractivity contribution is 6.31. The molecular weight excluding hydrogens is 188 g/mol. The van der Waals surface area contributed by atoms with Gasteiger partial charge < -0.3 is 11.5 Å². The molecule has 70 valence electrons. The lowest BCUT2D eigenvalue weighted by Crippen LogP contribution is -2.28. The van der Waals surface area contributed by atoms with Gasteiger partial charge in [0.15, 0.2) is 0 Å². The molecule has 0 aliphatic carbocycles. The van der Waals surface area contributed by atoms with Crippen molar-refractivity contribution < 1.29 is 4.79 Å². The van der Waals surface area contributed by atoms with Crippen molar-refractivity contribution in [2.75, 3.05) is 0 Å². The van der Waals surface area contributed by atoms with Crippen LogP contribution in [0.25, 0.3) is 0 Å². The summed E-state index contributed by atoms with van der Waals surface area (Å²) in [4.78, 5) is 10.8. The van der Waals surface area contributed by atoms with Gasteiger partial charge in [0.25, 0.3) is 0 Å². The van der Waals surface area contributed by atoms with E-state index >= 15 is 0 Å². The number of benzene rings is 1. The van der Waals surface area contributed by atoms with Gasteiger partial charge in [0, 0.05) is 5.02 Å². The van der Waals surface area contributed by atoms with E-state index in [0.29, 0.717) is 10.6 Å². The maximum atomic E-state index is 10.8. The van der Waals surface area contributed by atoms with Crippen LogP contribution in [0.15, 0.2) is 18.2 Å². The van der Waals surface area contributed by atoms with Crippen LogP contribution in [0.4, 0.5) is 0 Å². The Morgan fingerprint density at radius 2 is 2.15 bits per heavy atom. The van der Waals surface area contributed by atoms with E-state index in [1.807, 2.05) is 6.92 Å². The van der Waals surface area contributed by atoms with E-state index in [0.717, 1.165) is 5.56 Å². The SMILES string of the molecule is Cc1cc(C(N)C(N)=O)ccc1Cl. The average Bonchev–Trinajstić information content (AvgIpc) is 2.08. The summed E-state index contributed by atoms with van der Waals surface area (Å²) in [6.07, 6.45) is 0. The Labute approximate surface area is 81.7 Å². The van der Waals surface area contributed by atoms with Crippen molar-refractivity contribution in [3.05, 3.63) is 34.3 Å². The number of hydrogen-bond acceptors (Lipinski definition) is 2. The normalized spacial score (nSPS) is 12.5. The summed E-state index contributed by atoms with van der Waals surface area (Å²) < 4.78 is 0. The Kier molecular flexibility index (Phi) is 2.90. The highest BCUT2D eigenvalue weighted by atomic mass is 35.5. The number of amides is 1. The van der Waals surface area contributed by atoms with Gasteiger partial charge in [0.2, 0.25) is 5.91 Å². The van der Waals surface area contributed by atoms with Gasteiger partial charge in [-0.25, -0.2) is 0 Å². The minimum absolute atomic E-state index is 0.540. The van der Waals surface area contributed by atoms with Crippen LogP contribution in [0.5, 0.6) is 0 Å². The summed E-state index contributed by atoms with van der Waals surface area (Å²) in [6, 6.07) is 4.41. The quantitative estimate of drug-likeness (QED) is 0.748. The molecule has 0 heterocycles. The smallest absolute Gasteiger partial charge is 0.238 e. The molecule has 13 heavy (non-hydrogen) atoms.